The minimum atomic E-state index is 0.206. The molecule has 0 bridgehead atoms. The summed E-state index contributed by atoms with van der Waals surface area (Å²) in [5.41, 5.74) is 8.69. The van der Waals surface area contributed by atoms with E-state index in [9.17, 15) is 0 Å². The van der Waals surface area contributed by atoms with Crippen LogP contribution in [0.15, 0.2) is 102 Å². The first-order valence-corrected chi connectivity index (χ1v) is 9.89. The van der Waals surface area contributed by atoms with Gasteiger partial charge in [-0.3, -0.25) is 4.99 Å². The molecule has 0 amide bonds. The number of aromatic amines is 1. The number of allylic oxidation sites excluding steroid dienone is 8. The number of benzene rings is 2. The zero-order chi connectivity index (χ0) is 18.5. The van der Waals surface area contributed by atoms with Gasteiger partial charge in [0.05, 0.1) is 11.4 Å². The van der Waals surface area contributed by atoms with E-state index in [1.54, 1.807) is 0 Å². The Kier molecular flexibility index (Phi) is 3.39. The standard InChI is InChI=1S/C26H20N2/c1-2-9-17(10-3-1)18-13-8-16-23-24(18)25-19-11-4-6-14-21(19)28-26(25)20-12-5-7-15-22(20)27-23/h1-14,16,18,24,28H,15H2/t18-,24?/m0/s1. The van der Waals surface area contributed by atoms with Crippen LogP contribution in [0.1, 0.15) is 35.1 Å². The van der Waals surface area contributed by atoms with Gasteiger partial charge in [0.25, 0.3) is 0 Å². The van der Waals surface area contributed by atoms with Gasteiger partial charge < -0.3 is 4.98 Å². The summed E-state index contributed by atoms with van der Waals surface area (Å²) in [7, 11) is 0. The van der Waals surface area contributed by atoms with Gasteiger partial charge in [-0.05, 0) is 23.3 Å². The minimum Gasteiger partial charge on any atom is -0.354 e. The van der Waals surface area contributed by atoms with Gasteiger partial charge in [0.2, 0.25) is 0 Å². The van der Waals surface area contributed by atoms with Crippen LogP contribution in [-0.4, -0.2) is 10.7 Å². The molecule has 28 heavy (non-hydrogen) atoms. The monoisotopic (exact) mass is 360 g/mol. The Morgan fingerprint density at radius 3 is 2.68 bits per heavy atom. The van der Waals surface area contributed by atoms with Crippen molar-refractivity contribution in [2.45, 2.75) is 18.3 Å². The van der Waals surface area contributed by atoms with Gasteiger partial charge in [-0.1, -0.05) is 78.9 Å². The fourth-order valence-electron chi connectivity index (χ4n) is 4.82. The first-order valence-electron chi connectivity index (χ1n) is 9.89. The molecule has 134 valence electrons. The van der Waals surface area contributed by atoms with Crippen LogP contribution in [0.2, 0.25) is 0 Å². The lowest BCUT2D eigenvalue weighted by Crippen LogP contribution is -2.14. The van der Waals surface area contributed by atoms with Gasteiger partial charge in [0.1, 0.15) is 0 Å². The third-order valence-electron chi connectivity index (χ3n) is 6.06. The Labute approximate surface area is 164 Å². The first kappa shape index (κ1) is 15.6. The largest absolute Gasteiger partial charge is 0.354 e. The predicted molar refractivity (Wildman–Crippen MR) is 117 cm³/mol. The number of nitrogens with one attached hydrogen (secondary N) is 1. The lowest BCUT2D eigenvalue weighted by atomic mass is 9.76. The highest BCUT2D eigenvalue weighted by molar-refractivity contribution is 6.27. The molecule has 2 atom stereocenters. The van der Waals surface area contributed by atoms with Crippen molar-refractivity contribution >= 4 is 22.2 Å². The van der Waals surface area contributed by atoms with Crippen molar-refractivity contribution in [1.82, 2.24) is 4.98 Å². The molecule has 2 aliphatic carbocycles. The van der Waals surface area contributed by atoms with Crippen molar-refractivity contribution in [2.24, 2.45) is 4.99 Å². The molecule has 0 radical (unpaired) electrons. The Morgan fingerprint density at radius 2 is 1.75 bits per heavy atom. The molecule has 0 fully saturated rings. The summed E-state index contributed by atoms with van der Waals surface area (Å²) in [6.45, 7) is 0. The molecular weight excluding hydrogens is 340 g/mol. The minimum absolute atomic E-state index is 0.206. The maximum Gasteiger partial charge on any atom is 0.0538 e. The van der Waals surface area contributed by atoms with Crippen LogP contribution >= 0.6 is 0 Å². The van der Waals surface area contributed by atoms with Crippen LogP contribution in [0, 0.1) is 0 Å². The SMILES string of the molecule is C1=CCC2=NC3=CC=C[C@@H](c4ccccc4)C3c3c([nH]c4ccccc34)C2=C1. The molecule has 2 aromatic carbocycles. The van der Waals surface area contributed by atoms with Crippen LogP contribution in [0.25, 0.3) is 16.5 Å². The van der Waals surface area contributed by atoms with Crippen LogP contribution < -0.4 is 0 Å². The molecule has 0 saturated carbocycles. The molecule has 2 nitrogen and oxygen atoms in total. The van der Waals surface area contributed by atoms with Crippen molar-refractivity contribution in [3.63, 3.8) is 0 Å². The molecule has 1 aromatic heterocycles. The van der Waals surface area contributed by atoms with Gasteiger partial charge in [-0.2, -0.15) is 0 Å². The second-order valence-corrected chi connectivity index (χ2v) is 7.62. The fourth-order valence-corrected chi connectivity index (χ4v) is 4.82. The molecule has 3 aliphatic rings. The average molecular weight is 360 g/mol. The molecule has 6 rings (SSSR count). The highest BCUT2D eigenvalue weighted by Gasteiger charge is 2.36. The number of hydrogen-bond acceptors (Lipinski definition) is 1. The number of fused-ring (bicyclic) bond motifs is 7. The van der Waals surface area contributed by atoms with Crippen LogP contribution in [0.5, 0.6) is 0 Å². The van der Waals surface area contributed by atoms with Crippen LogP contribution in [0.3, 0.4) is 0 Å². The van der Waals surface area contributed by atoms with E-state index in [-0.39, 0.29) is 11.8 Å². The zero-order valence-corrected chi connectivity index (χ0v) is 15.5. The van der Waals surface area contributed by atoms with Gasteiger partial charge in [-0.25, -0.2) is 0 Å². The topological polar surface area (TPSA) is 28.1 Å². The van der Waals surface area contributed by atoms with E-state index in [2.05, 4.69) is 96.0 Å². The Morgan fingerprint density at radius 1 is 0.893 bits per heavy atom. The van der Waals surface area contributed by atoms with Crippen molar-refractivity contribution in [3.8, 4) is 0 Å². The summed E-state index contributed by atoms with van der Waals surface area (Å²) in [5, 5.41) is 1.30. The van der Waals surface area contributed by atoms with Crippen LogP contribution in [-0.2, 0) is 0 Å². The van der Waals surface area contributed by atoms with E-state index in [1.807, 2.05) is 0 Å². The molecule has 3 aromatic rings. The lowest BCUT2D eigenvalue weighted by Gasteiger charge is -2.28. The maximum absolute atomic E-state index is 5.18. The van der Waals surface area contributed by atoms with Crippen molar-refractivity contribution in [1.29, 1.82) is 0 Å². The fraction of sp³-hybridized carbons (Fsp3) is 0.115. The lowest BCUT2D eigenvalue weighted by molar-refractivity contribution is 0.690. The number of rotatable bonds is 1. The summed E-state index contributed by atoms with van der Waals surface area (Å²) in [6.07, 6.45) is 14.1. The zero-order valence-electron chi connectivity index (χ0n) is 15.5. The molecule has 2 heteroatoms. The molecule has 1 aliphatic heterocycles. The van der Waals surface area contributed by atoms with Gasteiger partial charge >= 0.3 is 0 Å². The summed E-state index contributed by atoms with van der Waals surface area (Å²) in [4.78, 5) is 8.90. The number of aliphatic imine (C=N–C) groups is 1. The van der Waals surface area contributed by atoms with E-state index in [0.717, 1.165) is 17.8 Å². The Hall–Kier alpha value is -3.39. The number of nitrogens with zero attached hydrogens (tertiary/aromatic N) is 1. The highest BCUT2D eigenvalue weighted by atomic mass is 14.8. The van der Waals surface area contributed by atoms with E-state index >= 15 is 0 Å². The summed E-state index contributed by atoms with van der Waals surface area (Å²) in [5.74, 6) is 0.481. The first-order chi connectivity index (χ1) is 13.9. The van der Waals surface area contributed by atoms with E-state index in [4.69, 9.17) is 4.99 Å². The molecule has 1 unspecified atom stereocenters. The molecular formula is C26H20N2. The van der Waals surface area contributed by atoms with Gasteiger partial charge in [0.15, 0.2) is 0 Å². The van der Waals surface area contributed by atoms with Crippen molar-refractivity contribution < 1.29 is 0 Å². The summed E-state index contributed by atoms with van der Waals surface area (Å²) >= 11 is 0. The van der Waals surface area contributed by atoms with Gasteiger partial charge in [0, 0.05) is 40.4 Å². The summed E-state index contributed by atoms with van der Waals surface area (Å²) in [6, 6.07) is 19.5. The van der Waals surface area contributed by atoms with E-state index in [0.29, 0.717) is 0 Å². The Bertz CT molecular complexity index is 1230. The average Bonchev–Trinajstić information content (AvgIpc) is 3.07. The van der Waals surface area contributed by atoms with Crippen LogP contribution in [0.4, 0.5) is 0 Å². The molecule has 0 saturated heterocycles. The van der Waals surface area contributed by atoms with Crippen molar-refractivity contribution in [3.05, 3.63) is 114 Å². The predicted octanol–water partition coefficient (Wildman–Crippen LogP) is 6.29. The number of para-hydroxylation sites is 1. The third kappa shape index (κ3) is 2.24. The number of aromatic nitrogens is 1. The molecule has 2 heterocycles. The van der Waals surface area contributed by atoms with Gasteiger partial charge in [-0.15, -0.1) is 0 Å². The van der Waals surface area contributed by atoms with E-state index < -0.39 is 0 Å². The number of hydrogen-bond donors (Lipinski definition) is 1. The second kappa shape index (κ2) is 6.07. The molecule has 0 spiro atoms. The normalized spacial score (nSPS) is 22.5. The smallest absolute Gasteiger partial charge is 0.0538 e. The van der Waals surface area contributed by atoms with Crippen molar-refractivity contribution in [2.75, 3.05) is 0 Å². The number of H-pyrrole nitrogens is 1. The molecule has 1 N–H and O–H groups in total. The Balaban J connectivity index is 1.68. The highest BCUT2D eigenvalue weighted by Crippen LogP contribution is 2.49. The quantitative estimate of drug-likeness (QED) is 0.528. The maximum atomic E-state index is 5.18. The summed E-state index contributed by atoms with van der Waals surface area (Å²) < 4.78 is 0. The van der Waals surface area contributed by atoms with E-state index in [1.165, 1.54) is 33.3 Å². The third-order valence-corrected chi connectivity index (χ3v) is 6.06. The second-order valence-electron chi connectivity index (χ2n) is 7.62.